The number of carbonyl (C=O) groups excluding carboxylic acids is 2. The van der Waals surface area contributed by atoms with Gasteiger partial charge in [-0.05, 0) is 55.2 Å². The lowest BCUT2D eigenvalue weighted by Gasteiger charge is -2.26. The fraction of sp³-hybridized carbons (Fsp3) is 0.462. The van der Waals surface area contributed by atoms with Crippen LogP contribution in [0.5, 0.6) is 5.75 Å². The third-order valence-electron chi connectivity index (χ3n) is 6.11. The van der Waals surface area contributed by atoms with E-state index in [0.29, 0.717) is 13.2 Å². The molecule has 1 heterocycles. The Morgan fingerprint density at radius 3 is 2.62 bits per heavy atom. The third-order valence-corrected chi connectivity index (χ3v) is 6.11. The van der Waals surface area contributed by atoms with E-state index in [4.69, 9.17) is 9.47 Å². The summed E-state index contributed by atoms with van der Waals surface area (Å²) < 4.78 is 11.3. The molecule has 3 amide bonds. The van der Waals surface area contributed by atoms with Crippen molar-refractivity contribution in [3.05, 3.63) is 59.7 Å². The molecule has 1 saturated carbocycles. The first-order valence-corrected chi connectivity index (χ1v) is 12.0. The Morgan fingerprint density at radius 1 is 1.12 bits per heavy atom. The maximum atomic E-state index is 12.4. The second kappa shape index (κ2) is 11.9. The fourth-order valence-electron chi connectivity index (χ4n) is 3.82. The minimum absolute atomic E-state index is 0.0878. The molecule has 2 fully saturated rings. The van der Waals surface area contributed by atoms with E-state index in [0.717, 1.165) is 68.3 Å². The number of hydrogen-bond acceptors (Lipinski definition) is 5. The number of hydrogen-bond donors (Lipinski definition) is 3. The average Bonchev–Trinajstić information content (AvgIpc) is 3.70. The molecule has 1 unspecified atom stereocenters. The molecule has 1 aliphatic carbocycles. The summed E-state index contributed by atoms with van der Waals surface area (Å²) in [5.41, 5.74) is 2.72. The molecule has 1 atom stereocenters. The zero-order valence-electron chi connectivity index (χ0n) is 19.7. The molecule has 2 aromatic carbocycles. The molecule has 4 rings (SSSR count). The van der Waals surface area contributed by atoms with Gasteiger partial charge in [-0.1, -0.05) is 24.3 Å². The van der Waals surface area contributed by atoms with Gasteiger partial charge in [0, 0.05) is 37.8 Å². The number of benzene rings is 2. The van der Waals surface area contributed by atoms with Crippen LogP contribution in [0.1, 0.15) is 36.9 Å². The average molecular weight is 467 g/mol. The maximum absolute atomic E-state index is 12.4. The van der Waals surface area contributed by atoms with E-state index < -0.39 is 0 Å². The molecule has 182 valence electrons. The van der Waals surface area contributed by atoms with E-state index >= 15 is 0 Å². The lowest BCUT2D eigenvalue weighted by molar-refractivity contribution is -0.117. The van der Waals surface area contributed by atoms with Crippen molar-refractivity contribution >= 4 is 17.6 Å². The van der Waals surface area contributed by atoms with Crippen LogP contribution in [0.2, 0.25) is 0 Å². The summed E-state index contributed by atoms with van der Waals surface area (Å²) in [7, 11) is 0. The van der Waals surface area contributed by atoms with Crippen LogP contribution in [-0.4, -0.2) is 56.3 Å². The minimum atomic E-state index is -0.239. The molecular weight excluding hydrogens is 432 g/mol. The summed E-state index contributed by atoms with van der Waals surface area (Å²) in [6.45, 7) is 7.30. The molecular formula is C26H34N4O4. The Bertz CT molecular complexity index is 956. The smallest absolute Gasteiger partial charge is 0.315 e. The molecule has 0 radical (unpaired) electrons. The first-order chi connectivity index (χ1) is 16.6. The first kappa shape index (κ1) is 24.0. The highest BCUT2D eigenvalue weighted by Gasteiger charge is 2.29. The molecule has 2 aliphatic rings. The molecule has 34 heavy (non-hydrogen) atoms. The summed E-state index contributed by atoms with van der Waals surface area (Å²) in [6.07, 6.45) is 1.96. The van der Waals surface area contributed by atoms with Crippen LogP contribution in [-0.2, 0) is 16.1 Å². The van der Waals surface area contributed by atoms with Crippen molar-refractivity contribution in [1.82, 2.24) is 15.5 Å². The van der Waals surface area contributed by atoms with Crippen molar-refractivity contribution in [3.63, 3.8) is 0 Å². The van der Waals surface area contributed by atoms with E-state index in [2.05, 4.69) is 20.9 Å². The van der Waals surface area contributed by atoms with Crippen molar-refractivity contribution in [3.8, 4) is 5.75 Å². The van der Waals surface area contributed by atoms with Gasteiger partial charge in [0.1, 0.15) is 12.4 Å². The zero-order valence-corrected chi connectivity index (χ0v) is 19.7. The highest BCUT2D eigenvalue weighted by atomic mass is 16.5. The monoisotopic (exact) mass is 466 g/mol. The first-order valence-electron chi connectivity index (χ1n) is 12.0. The molecule has 8 nitrogen and oxygen atoms in total. The SMILES string of the molecule is CC(NC(=O)NCc1cccc(OCCN2CCOCC2)c1)c1ccc(NC(=O)C2CC2)cc1. The second-order valence-corrected chi connectivity index (χ2v) is 8.88. The third kappa shape index (κ3) is 7.46. The van der Waals surface area contributed by atoms with Crippen molar-refractivity contribution in [1.29, 1.82) is 0 Å². The number of nitrogens with zero attached hydrogens (tertiary/aromatic N) is 1. The van der Waals surface area contributed by atoms with Crippen LogP contribution in [0, 0.1) is 5.92 Å². The van der Waals surface area contributed by atoms with Crippen LogP contribution in [0.4, 0.5) is 10.5 Å². The standard InChI is InChI=1S/C26H34N4O4/c1-19(21-7-9-23(10-8-21)29-25(31)22-5-6-22)28-26(32)27-18-20-3-2-4-24(17-20)34-16-13-30-11-14-33-15-12-30/h2-4,7-10,17,19,22H,5-6,11-16,18H2,1H3,(H,29,31)(H2,27,28,32). The van der Waals surface area contributed by atoms with Gasteiger partial charge in [-0.15, -0.1) is 0 Å². The van der Waals surface area contributed by atoms with Gasteiger partial charge in [0.15, 0.2) is 0 Å². The van der Waals surface area contributed by atoms with E-state index in [1.165, 1.54) is 0 Å². The van der Waals surface area contributed by atoms with E-state index in [9.17, 15) is 9.59 Å². The molecule has 1 saturated heterocycles. The van der Waals surface area contributed by atoms with Gasteiger partial charge in [-0.25, -0.2) is 4.79 Å². The summed E-state index contributed by atoms with van der Waals surface area (Å²) >= 11 is 0. The number of urea groups is 1. The van der Waals surface area contributed by atoms with E-state index in [1.807, 2.05) is 55.5 Å². The van der Waals surface area contributed by atoms with Crippen LogP contribution in [0.3, 0.4) is 0 Å². The lowest BCUT2D eigenvalue weighted by Crippen LogP contribution is -2.38. The summed E-state index contributed by atoms with van der Waals surface area (Å²) in [5, 5.41) is 8.79. The quantitative estimate of drug-likeness (QED) is 0.500. The Morgan fingerprint density at radius 2 is 1.88 bits per heavy atom. The summed E-state index contributed by atoms with van der Waals surface area (Å²) in [4.78, 5) is 26.6. The maximum Gasteiger partial charge on any atom is 0.315 e. The van der Waals surface area contributed by atoms with Gasteiger partial charge in [0.2, 0.25) is 5.91 Å². The highest BCUT2D eigenvalue weighted by molar-refractivity contribution is 5.94. The summed E-state index contributed by atoms with van der Waals surface area (Å²) in [5.74, 6) is 1.06. The van der Waals surface area contributed by atoms with Gasteiger partial charge in [-0.3, -0.25) is 9.69 Å². The number of carbonyl (C=O) groups is 2. The van der Waals surface area contributed by atoms with Gasteiger partial charge in [0.25, 0.3) is 0 Å². The summed E-state index contributed by atoms with van der Waals surface area (Å²) in [6, 6.07) is 15.0. The highest BCUT2D eigenvalue weighted by Crippen LogP contribution is 2.30. The Labute approximate surface area is 201 Å². The van der Waals surface area contributed by atoms with Crippen LogP contribution in [0.25, 0.3) is 0 Å². The number of morpholine rings is 1. The second-order valence-electron chi connectivity index (χ2n) is 8.88. The van der Waals surface area contributed by atoms with E-state index in [1.54, 1.807) is 0 Å². The predicted octanol–water partition coefficient (Wildman–Crippen LogP) is 3.31. The lowest BCUT2D eigenvalue weighted by atomic mass is 10.1. The Balaban J connectivity index is 1.18. The van der Waals surface area contributed by atoms with Gasteiger partial charge in [-0.2, -0.15) is 0 Å². The number of nitrogens with one attached hydrogen (secondary N) is 3. The number of amides is 3. The molecule has 1 aliphatic heterocycles. The molecule has 0 spiro atoms. The van der Waals surface area contributed by atoms with Crippen molar-refractivity contribution in [2.45, 2.75) is 32.4 Å². The molecule has 8 heteroatoms. The number of rotatable bonds is 10. The van der Waals surface area contributed by atoms with Crippen molar-refractivity contribution in [2.75, 3.05) is 44.8 Å². The minimum Gasteiger partial charge on any atom is -0.492 e. The van der Waals surface area contributed by atoms with Crippen LogP contribution >= 0.6 is 0 Å². The fourth-order valence-corrected chi connectivity index (χ4v) is 3.82. The van der Waals surface area contributed by atoms with Crippen LogP contribution < -0.4 is 20.7 Å². The number of ether oxygens (including phenoxy) is 2. The number of anilines is 1. The predicted molar refractivity (Wildman–Crippen MR) is 131 cm³/mol. The van der Waals surface area contributed by atoms with Gasteiger partial charge >= 0.3 is 6.03 Å². The van der Waals surface area contributed by atoms with Crippen molar-refractivity contribution in [2.24, 2.45) is 5.92 Å². The Kier molecular flexibility index (Phi) is 8.38. The topological polar surface area (TPSA) is 91.9 Å². The molecule has 0 aromatic heterocycles. The van der Waals surface area contributed by atoms with Crippen molar-refractivity contribution < 1.29 is 19.1 Å². The van der Waals surface area contributed by atoms with Gasteiger partial charge in [0.05, 0.1) is 19.3 Å². The largest absolute Gasteiger partial charge is 0.492 e. The normalized spacial score (nSPS) is 17.0. The molecule has 2 aromatic rings. The molecule has 0 bridgehead atoms. The zero-order chi connectivity index (χ0) is 23.8. The van der Waals surface area contributed by atoms with E-state index in [-0.39, 0.29) is 23.9 Å². The van der Waals surface area contributed by atoms with Crippen LogP contribution in [0.15, 0.2) is 48.5 Å². The molecule has 3 N–H and O–H groups in total. The van der Waals surface area contributed by atoms with Gasteiger partial charge < -0.3 is 25.4 Å². The Hall–Kier alpha value is -3.10.